The number of rotatable bonds is 5. The minimum Gasteiger partial charge on any atom is -0.486 e. The Morgan fingerprint density at radius 3 is 2.30 bits per heavy atom. The normalized spacial score (nSPS) is 16.4. The summed E-state index contributed by atoms with van der Waals surface area (Å²) in [7, 11) is 0. The number of ether oxygens (including phenoxy) is 2. The van der Waals surface area contributed by atoms with E-state index in [1.165, 1.54) is 0 Å². The van der Waals surface area contributed by atoms with Gasteiger partial charge in [-0.05, 0) is 12.8 Å². The Kier molecular flexibility index (Phi) is 5.19. The van der Waals surface area contributed by atoms with Crippen LogP contribution in [-0.2, 0) is 4.74 Å². The van der Waals surface area contributed by atoms with Crippen LogP contribution in [0.25, 0.3) is 0 Å². The van der Waals surface area contributed by atoms with Crippen LogP contribution in [0.5, 0.6) is 5.75 Å². The predicted molar refractivity (Wildman–Crippen MR) is 63.6 cm³/mol. The molecule has 3 nitrogen and oxygen atoms in total. The Morgan fingerprint density at radius 2 is 1.70 bits per heavy atom. The maximum Gasteiger partial charge on any atom is 0.203 e. The number of halogens is 4. The molecule has 0 bridgehead atoms. The van der Waals surface area contributed by atoms with E-state index in [0.29, 0.717) is 19.8 Å². The lowest BCUT2D eigenvalue weighted by Gasteiger charge is -2.23. The predicted octanol–water partition coefficient (Wildman–Crippen LogP) is 2.39. The van der Waals surface area contributed by atoms with E-state index in [9.17, 15) is 17.6 Å². The summed E-state index contributed by atoms with van der Waals surface area (Å²) < 4.78 is 62.4. The summed E-state index contributed by atoms with van der Waals surface area (Å²) in [5.74, 6) is -7.01. The first kappa shape index (κ1) is 15.1. The summed E-state index contributed by atoms with van der Waals surface area (Å²) in [5, 5.41) is 3.12. The lowest BCUT2D eigenvalue weighted by Crippen LogP contribution is -2.37. The van der Waals surface area contributed by atoms with Gasteiger partial charge < -0.3 is 14.8 Å². The summed E-state index contributed by atoms with van der Waals surface area (Å²) in [5.41, 5.74) is 0. The maximum atomic E-state index is 13.3. The second kappa shape index (κ2) is 6.90. The van der Waals surface area contributed by atoms with E-state index in [4.69, 9.17) is 9.47 Å². The van der Waals surface area contributed by atoms with Crippen LogP contribution in [0.3, 0.4) is 0 Å². The number of benzene rings is 1. The van der Waals surface area contributed by atoms with Crippen LogP contribution in [0.1, 0.15) is 12.8 Å². The minimum atomic E-state index is -1.52. The monoisotopic (exact) mass is 293 g/mol. The molecule has 0 aliphatic carbocycles. The van der Waals surface area contributed by atoms with E-state index >= 15 is 0 Å². The Hall–Kier alpha value is -1.34. The molecule has 7 heteroatoms. The van der Waals surface area contributed by atoms with Gasteiger partial charge in [-0.25, -0.2) is 8.78 Å². The molecule has 0 amide bonds. The van der Waals surface area contributed by atoms with Gasteiger partial charge in [0.25, 0.3) is 0 Å². The Labute approximate surface area is 113 Å². The highest BCUT2D eigenvalue weighted by atomic mass is 19.2. The Morgan fingerprint density at radius 1 is 1.10 bits per heavy atom. The van der Waals surface area contributed by atoms with Gasteiger partial charge in [0.05, 0.1) is 0 Å². The van der Waals surface area contributed by atoms with Crippen LogP contribution >= 0.6 is 0 Å². The van der Waals surface area contributed by atoms with E-state index in [1.807, 2.05) is 0 Å². The minimum absolute atomic E-state index is 0.0892. The molecule has 2 rings (SSSR count). The van der Waals surface area contributed by atoms with Crippen molar-refractivity contribution in [2.75, 3.05) is 26.4 Å². The lowest BCUT2D eigenvalue weighted by molar-refractivity contribution is 0.0769. The molecule has 1 heterocycles. The second-order valence-electron chi connectivity index (χ2n) is 4.49. The van der Waals surface area contributed by atoms with Gasteiger partial charge in [-0.1, -0.05) is 0 Å². The number of nitrogens with one attached hydrogen (secondary N) is 1. The lowest BCUT2D eigenvalue weighted by atomic mass is 10.1. The van der Waals surface area contributed by atoms with Gasteiger partial charge in [-0.15, -0.1) is 0 Å². The first-order chi connectivity index (χ1) is 9.59. The molecule has 1 aromatic rings. The first-order valence-electron chi connectivity index (χ1n) is 6.36. The molecule has 1 aromatic carbocycles. The van der Waals surface area contributed by atoms with Crippen molar-refractivity contribution >= 4 is 0 Å². The van der Waals surface area contributed by atoms with Crippen molar-refractivity contribution in [1.29, 1.82) is 0 Å². The zero-order valence-electron chi connectivity index (χ0n) is 10.7. The highest BCUT2D eigenvalue weighted by molar-refractivity contribution is 5.28. The molecule has 0 saturated carbocycles. The standard InChI is InChI=1S/C13H15F4NO2/c14-9-7-10(15)12(17)13(11(9)16)20-6-3-18-8-1-4-19-5-2-8/h7-8,18H,1-6H2. The fraction of sp³-hybridized carbons (Fsp3) is 0.538. The van der Waals surface area contributed by atoms with E-state index in [0.717, 1.165) is 12.8 Å². The largest absolute Gasteiger partial charge is 0.486 e. The molecular formula is C13H15F4NO2. The molecule has 0 unspecified atom stereocenters. The van der Waals surface area contributed by atoms with E-state index in [2.05, 4.69) is 5.32 Å². The maximum absolute atomic E-state index is 13.3. The van der Waals surface area contributed by atoms with E-state index in [1.54, 1.807) is 0 Å². The fourth-order valence-corrected chi connectivity index (χ4v) is 2.00. The third-order valence-electron chi connectivity index (χ3n) is 3.07. The summed E-state index contributed by atoms with van der Waals surface area (Å²) in [6.07, 6.45) is 1.69. The van der Waals surface area contributed by atoms with Crippen LogP contribution < -0.4 is 10.1 Å². The summed E-state index contributed by atoms with van der Waals surface area (Å²) in [6, 6.07) is 0.406. The molecule has 1 N–H and O–H groups in total. The molecule has 1 aliphatic heterocycles. The molecule has 1 fully saturated rings. The van der Waals surface area contributed by atoms with Crippen molar-refractivity contribution < 1.29 is 27.0 Å². The van der Waals surface area contributed by atoms with Crippen LogP contribution in [0.2, 0.25) is 0 Å². The zero-order valence-corrected chi connectivity index (χ0v) is 10.7. The fourth-order valence-electron chi connectivity index (χ4n) is 2.00. The topological polar surface area (TPSA) is 30.5 Å². The van der Waals surface area contributed by atoms with Gasteiger partial charge in [0.1, 0.15) is 6.61 Å². The molecule has 1 saturated heterocycles. The van der Waals surface area contributed by atoms with Gasteiger partial charge in [0, 0.05) is 31.9 Å². The highest BCUT2D eigenvalue weighted by Gasteiger charge is 2.20. The van der Waals surface area contributed by atoms with Crippen LogP contribution in [0.15, 0.2) is 6.07 Å². The van der Waals surface area contributed by atoms with Gasteiger partial charge in [0.15, 0.2) is 17.4 Å². The zero-order chi connectivity index (χ0) is 14.5. The van der Waals surface area contributed by atoms with Crippen molar-refractivity contribution in [2.45, 2.75) is 18.9 Å². The first-order valence-corrected chi connectivity index (χ1v) is 6.36. The molecule has 0 aromatic heterocycles. The molecule has 1 aliphatic rings. The van der Waals surface area contributed by atoms with Crippen LogP contribution in [0, 0.1) is 23.3 Å². The molecule has 0 atom stereocenters. The summed E-state index contributed by atoms with van der Waals surface area (Å²) in [6.45, 7) is 1.56. The number of hydrogen-bond acceptors (Lipinski definition) is 3. The molecular weight excluding hydrogens is 278 g/mol. The van der Waals surface area contributed by atoms with Crippen molar-refractivity contribution in [2.24, 2.45) is 0 Å². The third kappa shape index (κ3) is 3.61. The van der Waals surface area contributed by atoms with E-state index < -0.39 is 29.0 Å². The Bertz CT molecular complexity index is 438. The number of hydrogen-bond donors (Lipinski definition) is 1. The molecule has 112 valence electrons. The third-order valence-corrected chi connectivity index (χ3v) is 3.07. The van der Waals surface area contributed by atoms with Crippen molar-refractivity contribution in [3.63, 3.8) is 0 Å². The average Bonchev–Trinajstić information content (AvgIpc) is 2.45. The average molecular weight is 293 g/mol. The van der Waals surface area contributed by atoms with Crippen LogP contribution in [0.4, 0.5) is 17.6 Å². The molecule has 0 radical (unpaired) electrons. The summed E-state index contributed by atoms with van der Waals surface area (Å²) in [4.78, 5) is 0. The van der Waals surface area contributed by atoms with Gasteiger partial charge in [0.2, 0.25) is 11.6 Å². The van der Waals surface area contributed by atoms with Crippen LogP contribution in [-0.4, -0.2) is 32.4 Å². The van der Waals surface area contributed by atoms with Gasteiger partial charge in [-0.3, -0.25) is 0 Å². The van der Waals surface area contributed by atoms with Crippen molar-refractivity contribution in [3.05, 3.63) is 29.3 Å². The van der Waals surface area contributed by atoms with E-state index in [-0.39, 0.29) is 18.7 Å². The second-order valence-corrected chi connectivity index (χ2v) is 4.49. The van der Waals surface area contributed by atoms with Gasteiger partial charge in [-0.2, -0.15) is 8.78 Å². The van der Waals surface area contributed by atoms with Crippen molar-refractivity contribution in [1.82, 2.24) is 5.32 Å². The molecule has 0 spiro atoms. The SMILES string of the molecule is Fc1cc(F)c(F)c(OCCNC2CCOCC2)c1F. The smallest absolute Gasteiger partial charge is 0.203 e. The Balaban J connectivity index is 1.84. The quantitative estimate of drug-likeness (QED) is 0.514. The summed E-state index contributed by atoms with van der Waals surface area (Å²) >= 11 is 0. The molecule has 20 heavy (non-hydrogen) atoms. The van der Waals surface area contributed by atoms with Crippen molar-refractivity contribution in [3.8, 4) is 5.75 Å². The highest BCUT2D eigenvalue weighted by Crippen LogP contribution is 2.26. The van der Waals surface area contributed by atoms with Gasteiger partial charge >= 0.3 is 0 Å².